The molecule has 0 atom stereocenters. The van der Waals surface area contributed by atoms with Crippen molar-refractivity contribution >= 4 is 11.4 Å². The number of piperidine rings is 1. The van der Waals surface area contributed by atoms with Gasteiger partial charge in [0.15, 0.2) is 0 Å². The van der Waals surface area contributed by atoms with Crippen molar-refractivity contribution in [1.82, 2.24) is 4.48 Å². The molecule has 0 aromatic heterocycles. The molecule has 2 N–H and O–H groups in total. The maximum absolute atomic E-state index is 5.87. The summed E-state index contributed by atoms with van der Waals surface area (Å²) in [6, 6.07) is 19.4. The summed E-state index contributed by atoms with van der Waals surface area (Å²) in [5.74, 6) is 0.848. The fourth-order valence-corrected chi connectivity index (χ4v) is 3.42. The summed E-state index contributed by atoms with van der Waals surface area (Å²) in [4.78, 5) is 0. The normalized spacial score (nSPS) is 25.7. The highest BCUT2D eigenvalue weighted by molar-refractivity contribution is 5.51. The van der Waals surface area contributed by atoms with Gasteiger partial charge in [-0.3, -0.25) is 4.48 Å². The van der Waals surface area contributed by atoms with Crippen LogP contribution in [0.4, 0.5) is 11.4 Å². The van der Waals surface area contributed by atoms with E-state index in [1.807, 2.05) is 12.1 Å². The number of nitrogens with two attached hydrogens (primary N) is 1. The minimum atomic E-state index is 0.848. The van der Waals surface area contributed by atoms with Crippen LogP contribution in [0, 0.1) is 5.92 Å². The molecule has 0 aliphatic carbocycles. The Kier molecular flexibility index (Phi) is 3.98. The van der Waals surface area contributed by atoms with E-state index in [0.717, 1.165) is 22.6 Å². The third-order valence-electron chi connectivity index (χ3n) is 4.87. The van der Waals surface area contributed by atoms with Gasteiger partial charge >= 0.3 is 0 Å². The van der Waals surface area contributed by atoms with Crippen molar-refractivity contribution in [2.24, 2.45) is 5.92 Å². The molecule has 0 spiro atoms. The molecule has 2 nitrogen and oxygen atoms in total. The van der Waals surface area contributed by atoms with E-state index in [1.165, 1.54) is 37.2 Å². The lowest BCUT2D eigenvalue weighted by molar-refractivity contribution is 0.186. The molecular formula is C19H25N2+. The van der Waals surface area contributed by atoms with Gasteiger partial charge in [0.1, 0.15) is 12.2 Å². The molecule has 2 heteroatoms. The average molecular weight is 281 g/mol. The lowest BCUT2D eigenvalue weighted by atomic mass is 9.95. The van der Waals surface area contributed by atoms with Crippen LogP contribution >= 0.6 is 0 Å². The van der Waals surface area contributed by atoms with Crippen LogP contribution in [-0.2, 0) is 6.54 Å². The number of hydrogen-bond acceptors (Lipinski definition) is 1. The van der Waals surface area contributed by atoms with E-state index < -0.39 is 0 Å². The molecule has 0 amide bonds. The standard InChI is InChI=1S/C19H25N2/c1-16-11-13-21(14-12-16,15-17-5-3-2-4-6-17)19-9-7-18(20)8-10-19/h2-10,16H,11-15,20H2,1H3/q+1. The fourth-order valence-electron chi connectivity index (χ4n) is 3.42. The first-order chi connectivity index (χ1) is 10.2. The molecule has 1 aliphatic rings. The van der Waals surface area contributed by atoms with Gasteiger partial charge in [-0.2, -0.15) is 0 Å². The van der Waals surface area contributed by atoms with E-state index in [-0.39, 0.29) is 0 Å². The third-order valence-corrected chi connectivity index (χ3v) is 4.87. The quantitative estimate of drug-likeness (QED) is 0.662. The average Bonchev–Trinajstić information content (AvgIpc) is 2.52. The van der Waals surface area contributed by atoms with E-state index in [1.54, 1.807) is 0 Å². The van der Waals surface area contributed by atoms with Crippen molar-refractivity contribution in [3.63, 3.8) is 0 Å². The minimum absolute atomic E-state index is 0.848. The predicted molar refractivity (Wildman–Crippen MR) is 90.9 cm³/mol. The highest BCUT2D eigenvalue weighted by atomic mass is 15.4. The van der Waals surface area contributed by atoms with Crippen LogP contribution in [0.1, 0.15) is 25.3 Å². The van der Waals surface area contributed by atoms with Gasteiger partial charge in [0.2, 0.25) is 0 Å². The predicted octanol–water partition coefficient (Wildman–Crippen LogP) is 4.21. The number of rotatable bonds is 3. The van der Waals surface area contributed by atoms with Crippen molar-refractivity contribution in [2.45, 2.75) is 26.3 Å². The zero-order valence-electron chi connectivity index (χ0n) is 12.8. The highest BCUT2D eigenvalue weighted by Crippen LogP contribution is 2.33. The Morgan fingerprint density at radius 3 is 2.19 bits per heavy atom. The van der Waals surface area contributed by atoms with E-state index in [4.69, 9.17) is 5.73 Å². The smallest absolute Gasteiger partial charge is 0.133 e. The molecule has 2 aromatic carbocycles. The van der Waals surface area contributed by atoms with Gasteiger partial charge in [-0.25, -0.2) is 0 Å². The Balaban J connectivity index is 1.93. The molecule has 110 valence electrons. The molecule has 0 bridgehead atoms. The lowest BCUT2D eigenvalue weighted by Gasteiger charge is -2.43. The summed E-state index contributed by atoms with van der Waals surface area (Å²) in [7, 11) is 0. The van der Waals surface area contributed by atoms with E-state index in [9.17, 15) is 0 Å². The Labute approximate surface area is 127 Å². The molecule has 0 saturated carbocycles. The second-order valence-electron chi connectivity index (χ2n) is 6.51. The third kappa shape index (κ3) is 3.11. The minimum Gasteiger partial charge on any atom is -0.399 e. The van der Waals surface area contributed by atoms with E-state index in [2.05, 4.69) is 49.4 Å². The summed E-state index contributed by atoms with van der Waals surface area (Å²) in [5.41, 5.74) is 9.54. The molecule has 1 aliphatic heterocycles. The second kappa shape index (κ2) is 5.90. The molecular weight excluding hydrogens is 256 g/mol. The first-order valence-corrected chi connectivity index (χ1v) is 7.94. The molecule has 0 radical (unpaired) electrons. The summed E-state index contributed by atoms with van der Waals surface area (Å²) < 4.78 is 1.06. The van der Waals surface area contributed by atoms with Crippen molar-refractivity contribution in [2.75, 3.05) is 18.8 Å². The number of benzene rings is 2. The Hall–Kier alpha value is -1.80. The maximum Gasteiger partial charge on any atom is 0.133 e. The Morgan fingerprint density at radius 2 is 1.57 bits per heavy atom. The van der Waals surface area contributed by atoms with Gasteiger partial charge < -0.3 is 5.73 Å². The number of likely N-dealkylation sites (tertiary alicyclic amines) is 1. The van der Waals surface area contributed by atoms with Crippen molar-refractivity contribution in [1.29, 1.82) is 0 Å². The molecule has 3 rings (SSSR count). The lowest BCUT2D eigenvalue weighted by Crippen LogP contribution is -2.53. The molecule has 21 heavy (non-hydrogen) atoms. The molecule has 1 fully saturated rings. The van der Waals surface area contributed by atoms with Gasteiger partial charge in [-0.05, 0) is 30.9 Å². The van der Waals surface area contributed by atoms with Gasteiger partial charge in [0.05, 0.1) is 13.1 Å². The first kappa shape index (κ1) is 14.2. The Morgan fingerprint density at radius 1 is 0.952 bits per heavy atom. The van der Waals surface area contributed by atoms with Crippen molar-refractivity contribution in [3.8, 4) is 0 Å². The zero-order valence-corrected chi connectivity index (χ0v) is 12.8. The largest absolute Gasteiger partial charge is 0.399 e. The summed E-state index contributed by atoms with van der Waals surface area (Å²) >= 11 is 0. The monoisotopic (exact) mass is 281 g/mol. The summed E-state index contributed by atoms with van der Waals surface area (Å²) in [6.45, 7) is 5.90. The van der Waals surface area contributed by atoms with Gasteiger partial charge in [-0.1, -0.05) is 37.3 Å². The van der Waals surface area contributed by atoms with Crippen LogP contribution in [-0.4, -0.2) is 13.1 Å². The summed E-state index contributed by atoms with van der Waals surface area (Å²) in [5, 5.41) is 0. The van der Waals surface area contributed by atoms with Crippen molar-refractivity contribution in [3.05, 3.63) is 60.2 Å². The highest BCUT2D eigenvalue weighted by Gasteiger charge is 2.34. The number of quaternary nitrogens is 1. The fraction of sp³-hybridized carbons (Fsp3) is 0.368. The number of nitrogen functional groups attached to an aromatic ring is 1. The van der Waals surface area contributed by atoms with Gasteiger partial charge in [-0.15, -0.1) is 0 Å². The maximum atomic E-state index is 5.87. The van der Waals surface area contributed by atoms with Crippen LogP contribution < -0.4 is 10.2 Å². The molecule has 1 heterocycles. The summed E-state index contributed by atoms with van der Waals surface area (Å²) in [6.07, 6.45) is 2.61. The van der Waals surface area contributed by atoms with Crippen LogP contribution in [0.2, 0.25) is 0 Å². The van der Waals surface area contributed by atoms with Gasteiger partial charge in [0.25, 0.3) is 0 Å². The number of nitrogens with zero attached hydrogens (tertiary/aromatic N) is 1. The number of anilines is 1. The first-order valence-electron chi connectivity index (χ1n) is 7.94. The van der Waals surface area contributed by atoms with Crippen LogP contribution in [0.25, 0.3) is 0 Å². The Bertz CT molecular complexity index is 566. The second-order valence-corrected chi connectivity index (χ2v) is 6.51. The van der Waals surface area contributed by atoms with E-state index >= 15 is 0 Å². The number of hydrogen-bond donors (Lipinski definition) is 1. The zero-order chi connectivity index (χ0) is 14.7. The molecule has 1 saturated heterocycles. The molecule has 2 aromatic rings. The van der Waals surface area contributed by atoms with Gasteiger partial charge in [0, 0.05) is 23.4 Å². The van der Waals surface area contributed by atoms with Crippen LogP contribution in [0.3, 0.4) is 0 Å². The molecule has 0 unspecified atom stereocenters. The van der Waals surface area contributed by atoms with Crippen LogP contribution in [0.15, 0.2) is 54.6 Å². The topological polar surface area (TPSA) is 26.0 Å². The SMILES string of the molecule is CC1CC[N+](Cc2ccccc2)(c2ccc(N)cc2)CC1. The van der Waals surface area contributed by atoms with Crippen LogP contribution in [0.5, 0.6) is 0 Å². The van der Waals surface area contributed by atoms with E-state index in [0.29, 0.717) is 0 Å². The van der Waals surface area contributed by atoms with Crippen molar-refractivity contribution < 1.29 is 0 Å².